The molecule has 3 heterocycles. The predicted octanol–water partition coefficient (Wildman–Crippen LogP) is 0.783. The van der Waals surface area contributed by atoms with Crippen molar-refractivity contribution < 1.29 is 18.6 Å². The molecule has 0 aromatic carbocycles. The van der Waals surface area contributed by atoms with Gasteiger partial charge >= 0.3 is 0 Å². The number of fused-ring (bicyclic) bond motifs is 2. The van der Waals surface area contributed by atoms with Gasteiger partial charge in [-0.05, 0) is 52.0 Å². The van der Waals surface area contributed by atoms with Crippen LogP contribution in [0.25, 0.3) is 11.0 Å². The number of hydrogen-bond donors (Lipinski definition) is 3. The van der Waals surface area contributed by atoms with Crippen molar-refractivity contribution in [3.05, 3.63) is 28.7 Å². The number of hydrogen-bond acceptors (Lipinski definition) is 8. The van der Waals surface area contributed by atoms with Crippen molar-refractivity contribution in [3.63, 3.8) is 0 Å². The number of piperidine rings is 1. The minimum Gasteiger partial charge on any atom is -0.389 e. The summed E-state index contributed by atoms with van der Waals surface area (Å²) in [5.41, 5.74) is -2.34. The Kier molecular flexibility index (Phi) is 5.13. The first-order valence-corrected chi connectivity index (χ1v) is 13.1. The van der Waals surface area contributed by atoms with Crippen molar-refractivity contribution in [2.45, 2.75) is 75.2 Å². The van der Waals surface area contributed by atoms with Crippen LogP contribution in [0, 0.1) is 0 Å². The molecular formula is C22H31N5O5S. The fraction of sp³-hybridized carbons (Fsp3) is 0.682. The molecule has 2 aliphatic carbocycles. The van der Waals surface area contributed by atoms with Crippen LogP contribution in [0.2, 0.25) is 0 Å². The van der Waals surface area contributed by atoms with Crippen molar-refractivity contribution in [1.82, 2.24) is 18.8 Å². The lowest BCUT2D eigenvalue weighted by atomic mass is 10.1. The second kappa shape index (κ2) is 7.46. The highest BCUT2D eigenvalue weighted by Crippen LogP contribution is 2.64. The Bertz CT molecular complexity index is 1240. The van der Waals surface area contributed by atoms with E-state index in [1.54, 1.807) is 16.8 Å². The fourth-order valence-corrected chi connectivity index (χ4v) is 7.50. The van der Waals surface area contributed by atoms with E-state index >= 15 is 0 Å². The van der Waals surface area contributed by atoms with Gasteiger partial charge in [0.25, 0.3) is 5.56 Å². The van der Waals surface area contributed by atoms with E-state index in [0.717, 1.165) is 18.2 Å². The lowest BCUT2D eigenvalue weighted by Gasteiger charge is -2.33. The van der Waals surface area contributed by atoms with Crippen LogP contribution >= 0.6 is 0 Å². The van der Waals surface area contributed by atoms with E-state index in [4.69, 9.17) is 0 Å². The molecule has 3 fully saturated rings. The molecule has 33 heavy (non-hydrogen) atoms. The number of aliphatic hydroxyl groups is 2. The zero-order chi connectivity index (χ0) is 23.6. The highest BCUT2D eigenvalue weighted by Gasteiger charge is 2.71. The molecule has 2 saturated carbocycles. The van der Waals surface area contributed by atoms with Gasteiger partial charge in [-0.2, -0.15) is 4.98 Å². The number of pyridine rings is 1. The minimum absolute atomic E-state index is 0.0116. The van der Waals surface area contributed by atoms with Crippen LogP contribution < -0.4 is 10.9 Å². The van der Waals surface area contributed by atoms with Gasteiger partial charge in [-0.3, -0.25) is 9.36 Å². The SMILES string of the molecule is CC(C)(O)CS(=O)(=O)N1CCC(Nc2ncc3ccc(=O)n([C@]45CCC[C@]4(O)C5)c3n2)CC1. The average Bonchev–Trinajstić information content (AvgIpc) is 3.17. The number of rotatable bonds is 6. The first-order valence-electron chi connectivity index (χ1n) is 11.5. The lowest BCUT2D eigenvalue weighted by molar-refractivity contribution is 0.103. The van der Waals surface area contributed by atoms with Crippen molar-refractivity contribution in [3.8, 4) is 0 Å². The van der Waals surface area contributed by atoms with Crippen molar-refractivity contribution in [2.24, 2.45) is 0 Å². The van der Waals surface area contributed by atoms with Gasteiger partial charge in [-0.15, -0.1) is 0 Å². The van der Waals surface area contributed by atoms with Crippen molar-refractivity contribution in [1.29, 1.82) is 0 Å². The zero-order valence-electron chi connectivity index (χ0n) is 19.0. The van der Waals surface area contributed by atoms with Crippen LogP contribution in [0.1, 0.15) is 52.4 Å². The molecule has 3 aliphatic rings. The summed E-state index contributed by atoms with van der Waals surface area (Å²) in [4.78, 5) is 21.9. The van der Waals surface area contributed by atoms with Gasteiger partial charge in [0.2, 0.25) is 16.0 Å². The molecule has 0 bridgehead atoms. The number of nitrogens with zero attached hydrogens (tertiary/aromatic N) is 4. The van der Waals surface area contributed by atoms with E-state index in [-0.39, 0.29) is 17.4 Å². The largest absolute Gasteiger partial charge is 0.389 e. The molecule has 10 nitrogen and oxygen atoms in total. The molecule has 2 aromatic heterocycles. The topological polar surface area (TPSA) is 138 Å². The highest BCUT2D eigenvalue weighted by molar-refractivity contribution is 7.89. The smallest absolute Gasteiger partial charge is 0.252 e. The van der Waals surface area contributed by atoms with E-state index < -0.39 is 26.8 Å². The standard InChI is InChI=1S/C22H31N5O5S/c1-20(2,29)14-33(31,32)26-10-6-16(7-11-26)24-19-23-12-15-4-5-17(28)27(18(15)25-19)21-8-3-9-22(21,30)13-21/h4-5,12,16,29-30H,3,6-11,13-14H2,1-2H3,(H,23,24,25)/t21-,22-/m0/s1. The van der Waals surface area contributed by atoms with Gasteiger partial charge in [0.15, 0.2) is 0 Å². The Labute approximate surface area is 192 Å². The number of nitrogens with one attached hydrogen (secondary N) is 1. The summed E-state index contributed by atoms with van der Waals surface area (Å²) in [6.45, 7) is 3.68. The molecule has 2 aromatic rings. The second-order valence-electron chi connectivity index (χ2n) is 10.5. The Morgan fingerprint density at radius 2 is 1.97 bits per heavy atom. The van der Waals surface area contributed by atoms with E-state index in [1.165, 1.54) is 24.2 Å². The van der Waals surface area contributed by atoms with Gasteiger partial charge in [0, 0.05) is 43.2 Å². The summed E-state index contributed by atoms with van der Waals surface area (Å²) >= 11 is 0. The van der Waals surface area contributed by atoms with Crippen LogP contribution in [-0.2, 0) is 15.6 Å². The third-order valence-corrected chi connectivity index (χ3v) is 9.51. The molecule has 0 spiro atoms. The molecule has 0 unspecified atom stereocenters. The van der Waals surface area contributed by atoms with E-state index in [1.807, 2.05) is 0 Å². The minimum atomic E-state index is -3.53. The quantitative estimate of drug-likeness (QED) is 0.555. The van der Waals surface area contributed by atoms with Gasteiger partial charge in [0.05, 0.1) is 22.5 Å². The molecule has 11 heteroatoms. The Morgan fingerprint density at radius 1 is 1.24 bits per heavy atom. The van der Waals surface area contributed by atoms with E-state index in [0.29, 0.717) is 50.4 Å². The van der Waals surface area contributed by atoms with Crippen LogP contribution in [-0.4, -0.2) is 73.6 Å². The summed E-state index contributed by atoms with van der Waals surface area (Å²) < 4.78 is 28.2. The molecular weight excluding hydrogens is 446 g/mol. The fourth-order valence-electron chi connectivity index (χ4n) is 5.65. The molecule has 1 saturated heterocycles. The van der Waals surface area contributed by atoms with Crippen molar-refractivity contribution in [2.75, 3.05) is 24.2 Å². The third-order valence-electron chi connectivity index (χ3n) is 7.28. The highest BCUT2D eigenvalue weighted by atomic mass is 32.2. The zero-order valence-corrected chi connectivity index (χ0v) is 19.8. The summed E-state index contributed by atoms with van der Waals surface area (Å²) in [7, 11) is -3.53. The van der Waals surface area contributed by atoms with Gasteiger partial charge in [-0.1, -0.05) is 0 Å². The molecule has 5 rings (SSSR count). The Morgan fingerprint density at radius 3 is 2.58 bits per heavy atom. The maximum absolute atomic E-state index is 12.8. The van der Waals surface area contributed by atoms with Crippen LogP contribution in [0.15, 0.2) is 23.1 Å². The first kappa shape index (κ1) is 22.7. The van der Waals surface area contributed by atoms with Crippen molar-refractivity contribution >= 4 is 27.0 Å². The predicted molar refractivity (Wildman–Crippen MR) is 123 cm³/mol. The van der Waals surface area contributed by atoms with Gasteiger partial charge in [-0.25, -0.2) is 17.7 Å². The van der Waals surface area contributed by atoms with E-state index in [2.05, 4.69) is 15.3 Å². The monoisotopic (exact) mass is 477 g/mol. The third kappa shape index (κ3) is 3.94. The Balaban J connectivity index is 1.34. The summed E-state index contributed by atoms with van der Waals surface area (Å²) in [5.74, 6) is 0.0792. The number of anilines is 1. The average molecular weight is 478 g/mol. The molecule has 0 radical (unpaired) electrons. The molecule has 2 atom stereocenters. The van der Waals surface area contributed by atoms with Crippen LogP contribution in [0.3, 0.4) is 0 Å². The molecule has 3 N–H and O–H groups in total. The normalized spacial score (nSPS) is 28.7. The second-order valence-corrected chi connectivity index (χ2v) is 12.4. The van der Waals surface area contributed by atoms with E-state index in [9.17, 15) is 23.4 Å². The molecule has 180 valence electrons. The van der Waals surface area contributed by atoms with Gasteiger partial charge in [0.1, 0.15) is 5.65 Å². The summed E-state index contributed by atoms with van der Waals surface area (Å²) in [6, 6.07) is 3.20. The maximum atomic E-state index is 12.8. The van der Waals surface area contributed by atoms with Gasteiger partial charge < -0.3 is 15.5 Å². The summed E-state index contributed by atoms with van der Waals surface area (Å²) in [5, 5.41) is 24.8. The molecule has 1 aliphatic heterocycles. The van der Waals surface area contributed by atoms with Crippen LogP contribution in [0.5, 0.6) is 0 Å². The first-order chi connectivity index (χ1) is 15.4. The Hall–Kier alpha value is -2.08. The number of aromatic nitrogens is 3. The maximum Gasteiger partial charge on any atom is 0.252 e. The number of sulfonamides is 1. The van der Waals surface area contributed by atoms with Crippen LogP contribution in [0.4, 0.5) is 5.95 Å². The molecule has 0 amide bonds. The summed E-state index contributed by atoms with van der Waals surface area (Å²) in [6.07, 6.45) is 5.74. The lowest BCUT2D eigenvalue weighted by Crippen LogP contribution is -2.46.